The SMILES string of the molecule is COCC(=O)Nc1ccc(F)cc1OCC1CC1. The van der Waals surface area contributed by atoms with Crippen molar-refractivity contribution < 1.29 is 18.7 Å². The first-order chi connectivity index (χ1) is 8.69. The summed E-state index contributed by atoms with van der Waals surface area (Å²) in [5, 5.41) is 2.63. The Morgan fingerprint density at radius 2 is 2.28 bits per heavy atom. The lowest BCUT2D eigenvalue weighted by molar-refractivity contribution is -0.119. The minimum absolute atomic E-state index is 0.0422. The van der Waals surface area contributed by atoms with Gasteiger partial charge in [-0.1, -0.05) is 0 Å². The number of hydrogen-bond donors (Lipinski definition) is 1. The van der Waals surface area contributed by atoms with E-state index in [4.69, 9.17) is 9.47 Å². The lowest BCUT2D eigenvalue weighted by atomic mass is 10.2. The quantitative estimate of drug-likeness (QED) is 0.845. The number of halogens is 1. The fourth-order valence-electron chi connectivity index (χ4n) is 1.53. The molecule has 1 aliphatic carbocycles. The highest BCUT2D eigenvalue weighted by molar-refractivity contribution is 5.93. The first-order valence-electron chi connectivity index (χ1n) is 5.90. The van der Waals surface area contributed by atoms with Crippen LogP contribution < -0.4 is 10.1 Å². The number of carbonyl (C=O) groups is 1. The van der Waals surface area contributed by atoms with Crippen LogP contribution in [0, 0.1) is 11.7 Å². The zero-order valence-corrected chi connectivity index (χ0v) is 10.2. The Hall–Kier alpha value is -1.62. The molecular weight excluding hydrogens is 237 g/mol. The van der Waals surface area contributed by atoms with Gasteiger partial charge in [0, 0.05) is 13.2 Å². The van der Waals surface area contributed by atoms with Crippen LogP contribution in [-0.2, 0) is 9.53 Å². The number of anilines is 1. The van der Waals surface area contributed by atoms with Gasteiger partial charge in [0.25, 0.3) is 0 Å². The number of nitrogens with one attached hydrogen (secondary N) is 1. The van der Waals surface area contributed by atoms with Crippen molar-refractivity contribution in [3.05, 3.63) is 24.0 Å². The number of rotatable bonds is 6. The minimum Gasteiger partial charge on any atom is -0.491 e. The number of ether oxygens (including phenoxy) is 2. The molecule has 1 saturated carbocycles. The molecule has 18 heavy (non-hydrogen) atoms. The molecule has 98 valence electrons. The largest absolute Gasteiger partial charge is 0.491 e. The van der Waals surface area contributed by atoms with E-state index < -0.39 is 0 Å². The van der Waals surface area contributed by atoms with Gasteiger partial charge in [-0.25, -0.2) is 4.39 Å². The molecule has 1 aliphatic rings. The normalized spacial score (nSPS) is 14.3. The molecule has 0 radical (unpaired) electrons. The molecule has 1 aromatic carbocycles. The summed E-state index contributed by atoms with van der Waals surface area (Å²) in [7, 11) is 1.44. The van der Waals surface area contributed by atoms with Gasteiger partial charge in [-0.05, 0) is 30.9 Å². The number of amides is 1. The van der Waals surface area contributed by atoms with Crippen LogP contribution in [0.5, 0.6) is 5.75 Å². The minimum atomic E-state index is -0.384. The van der Waals surface area contributed by atoms with Gasteiger partial charge in [0.15, 0.2) is 0 Å². The van der Waals surface area contributed by atoms with E-state index in [-0.39, 0.29) is 18.3 Å². The second-order valence-electron chi connectivity index (χ2n) is 4.38. The van der Waals surface area contributed by atoms with Gasteiger partial charge >= 0.3 is 0 Å². The molecule has 2 rings (SSSR count). The summed E-state index contributed by atoms with van der Waals surface area (Å²) < 4.78 is 23.4. The van der Waals surface area contributed by atoms with Gasteiger partial charge in [0.1, 0.15) is 18.2 Å². The number of carbonyl (C=O) groups excluding carboxylic acids is 1. The van der Waals surface area contributed by atoms with Crippen molar-refractivity contribution in [2.45, 2.75) is 12.8 Å². The molecule has 0 bridgehead atoms. The standard InChI is InChI=1S/C13H16FNO3/c1-17-8-13(16)15-11-5-4-10(14)6-12(11)18-7-9-2-3-9/h4-6,9H,2-3,7-8H2,1H3,(H,15,16). The number of hydrogen-bond acceptors (Lipinski definition) is 3. The molecule has 0 aliphatic heterocycles. The van der Waals surface area contributed by atoms with E-state index in [9.17, 15) is 9.18 Å². The van der Waals surface area contributed by atoms with Crippen molar-refractivity contribution in [2.24, 2.45) is 5.92 Å². The van der Waals surface area contributed by atoms with Crippen molar-refractivity contribution in [2.75, 3.05) is 25.6 Å². The van der Waals surface area contributed by atoms with Gasteiger partial charge < -0.3 is 14.8 Å². The molecule has 0 atom stereocenters. The summed E-state index contributed by atoms with van der Waals surface area (Å²) in [4.78, 5) is 11.4. The summed E-state index contributed by atoms with van der Waals surface area (Å²) in [6.07, 6.45) is 2.31. The molecule has 1 fully saturated rings. The monoisotopic (exact) mass is 253 g/mol. The van der Waals surface area contributed by atoms with Gasteiger partial charge in [0.2, 0.25) is 5.91 Å². The van der Waals surface area contributed by atoms with E-state index in [1.165, 1.54) is 25.3 Å². The Labute approximate surface area is 105 Å². The molecule has 4 nitrogen and oxygen atoms in total. The molecule has 0 aromatic heterocycles. The zero-order chi connectivity index (χ0) is 13.0. The molecule has 0 spiro atoms. The first kappa shape index (κ1) is 12.8. The Morgan fingerprint density at radius 3 is 2.94 bits per heavy atom. The van der Waals surface area contributed by atoms with Crippen molar-refractivity contribution in [1.29, 1.82) is 0 Å². The zero-order valence-electron chi connectivity index (χ0n) is 10.2. The van der Waals surface area contributed by atoms with Crippen LogP contribution in [0.3, 0.4) is 0 Å². The van der Waals surface area contributed by atoms with E-state index in [0.29, 0.717) is 24.0 Å². The fraction of sp³-hybridized carbons (Fsp3) is 0.462. The highest BCUT2D eigenvalue weighted by Gasteiger charge is 2.22. The van der Waals surface area contributed by atoms with Gasteiger partial charge in [0.05, 0.1) is 12.3 Å². The highest BCUT2D eigenvalue weighted by Crippen LogP contribution is 2.32. The summed E-state index contributed by atoms with van der Waals surface area (Å²) in [5.74, 6) is 0.257. The molecule has 0 saturated heterocycles. The van der Waals surface area contributed by atoms with Crippen molar-refractivity contribution >= 4 is 11.6 Å². The fourth-order valence-corrected chi connectivity index (χ4v) is 1.53. The smallest absolute Gasteiger partial charge is 0.250 e. The third-order valence-corrected chi connectivity index (χ3v) is 2.66. The maximum absolute atomic E-state index is 13.2. The van der Waals surface area contributed by atoms with Crippen LogP contribution in [0.2, 0.25) is 0 Å². The lowest BCUT2D eigenvalue weighted by Crippen LogP contribution is -2.18. The molecule has 0 unspecified atom stereocenters. The predicted octanol–water partition coefficient (Wildman–Crippen LogP) is 2.20. The number of benzene rings is 1. The molecule has 1 aromatic rings. The van der Waals surface area contributed by atoms with Crippen molar-refractivity contribution in [3.63, 3.8) is 0 Å². The van der Waals surface area contributed by atoms with Crippen molar-refractivity contribution in [1.82, 2.24) is 0 Å². The second-order valence-corrected chi connectivity index (χ2v) is 4.38. The van der Waals surface area contributed by atoms with Crippen LogP contribution in [-0.4, -0.2) is 26.2 Å². The van der Waals surface area contributed by atoms with Crippen LogP contribution in [0.25, 0.3) is 0 Å². The topological polar surface area (TPSA) is 47.6 Å². The summed E-state index contributed by atoms with van der Waals surface area (Å²) in [6, 6.07) is 4.06. The maximum Gasteiger partial charge on any atom is 0.250 e. The summed E-state index contributed by atoms with van der Waals surface area (Å²) >= 11 is 0. The maximum atomic E-state index is 13.2. The van der Waals surface area contributed by atoms with Gasteiger partial charge in [-0.3, -0.25) is 4.79 Å². The van der Waals surface area contributed by atoms with Crippen molar-refractivity contribution in [3.8, 4) is 5.75 Å². The van der Waals surface area contributed by atoms with E-state index in [0.717, 1.165) is 12.8 Å². The summed E-state index contributed by atoms with van der Waals surface area (Å²) in [6.45, 7) is 0.524. The molecule has 1 amide bonds. The van der Waals surface area contributed by atoms with Gasteiger partial charge in [-0.15, -0.1) is 0 Å². The highest BCUT2D eigenvalue weighted by atomic mass is 19.1. The van der Waals surface area contributed by atoms with Crippen LogP contribution >= 0.6 is 0 Å². The summed E-state index contributed by atoms with van der Waals surface area (Å²) in [5.41, 5.74) is 0.471. The predicted molar refractivity (Wildman–Crippen MR) is 65.1 cm³/mol. The Bertz CT molecular complexity index is 432. The lowest BCUT2D eigenvalue weighted by Gasteiger charge is -2.12. The van der Waals surface area contributed by atoms with E-state index in [2.05, 4.69) is 5.32 Å². The molecule has 5 heteroatoms. The Morgan fingerprint density at radius 1 is 1.50 bits per heavy atom. The van der Waals surface area contributed by atoms with Crippen LogP contribution in [0.15, 0.2) is 18.2 Å². The van der Waals surface area contributed by atoms with Crippen LogP contribution in [0.1, 0.15) is 12.8 Å². The van der Waals surface area contributed by atoms with E-state index in [1.54, 1.807) is 0 Å². The average molecular weight is 253 g/mol. The van der Waals surface area contributed by atoms with E-state index >= 15 is 0 Å². The Kier molecular flexibility index (Phi) is 4.15. The third-order valence-electron chi connectivity index (χ3n) is 2.66. The molecule has 1 N–H and O–H groups in total. The number of methoxy groups -OCH3 is 1. The third kappa shape index (κ3) is 3.70. The van der Waals surface area contributed by atoms with E-state index in [1.807, 2.05) is 0 Å². The first-order valence-corrected chi connectivity index (χ1v) is 5.90. The molecule has 0 heterocycles. The van der Waals surface area contributed by atoms with Crippen LogP contribution in [0.4, 0.5) is 10.1 Å². The molecular formula is C13H16FNO3. The van der Waals surface area contributed by atoms with Gasteiger partial charge in [-0.2, -0.15) is 0 Å². The average Bonchev–Trinajstić information content (AvgIpc) is 3.14. The Balaban J connectivity index is 2.03. The second kappa shape index (κ2) is 5.82.